The molecule has 0 bridgehead atoms. The van der Waals surface area contributed by atoms with Crippen LogP contribution in [0.25, 0.3) is 0 Å². The second kappa shape index (κ2) is 4.30. The first-order valence-electron chi connectivity index (χ1n) is 5.59. The first kappa shape index (κ1) is 12.4. The Morgan fingerprint density at radius 3 is 2.50 bits per heavy atom. The standard InChI is InChI=1S/C12H14N2O4/c13-12(4-1-5-12)11(18)14-7-2-3-9(15)8(6-7)10(16)17/h2-3,6,15H,1,4-5,13H2,(H,14,18)(H,16,17). The van der Waals surface area contributed by atoms with Crippen LogP contribution in [-0.2, 0) is 4.79 Å². The fraction of sp³-hybridized carbons (Fsp3) is 0.333. The van der Waals surface area contributed by atoms with Gasteiger partial charge in [0.25, 0.3) is 0 Å². The molecule has 1 fully saturated rings. The molecule has 2 rings (SSSR count). The molecule has 0 unspecified atom stereocenters. The lowest BCUT2D eigenvalue weighted by Crippen LogP contribution is -2.56. The molecule has 0 radical (unpaired) electrons. The molecule has 0 aliphatic heterocycles. The van der Waals surface area contributed by atoms with E-state index in [1.54, 1.807) is 0 Å². The normalized spacial score (nSPS) is 16.7. The Kier molecular flexibility index (Phi) is 2.96. The van der Waals surface area contributed by atoms with Gasteiger partial charge in [-0.15, -0.1) is 0 Å². The third-order valence-electron chi connectivity index (χ3n) is 3.18. The summed E-state index contributed by atoms with van der Waals surface area (Å²) in [6, 6.07) is 3.86. The first-order chi connectivity index (χ1) is 8.42. The molecule has 0 saturated heterocycles. The number of carbonyl (C=O) groups is 2. The molecular weight excluding hydrogens is 236 g/mol. The summed E-state index contributed by atoms with van der Waals surface area (Å²) in [5.41, 5.74) is 5.05. The van der Waals surface area contributed by atoms with Crippen LogP contribution in [0.2, 0.25) is 0 Å². The van der Waals surface area contributed by atoms with Crippen LogP contribution in [0.15, 0.2) is 18.2 Å². The summed E-state index contributed by atoms with van der Waals surface area (Å²) >= 11 is 0. The maximum atomic E-state index is 11.8. The number of carbonyl (C=O) groups excluding carboxylic acids is 1. The Hall–Kier alpha value is -2.08. The van der Waals surface area contributed by atoms with Crippen LogP contribution in [0.1, 0.15) is 29.6 Å². The van der Waals surface area contributed by atoms with Crippen molar-refractivity contribution in [3.63, 3.8) is 0 Å². The van der Waals surface area contributed by atoms with Gasteiger partial charge < -0.3 is 21.3 Å². The van der Waals surface area contributed by atoms with Gasteiger partial charge in [0.05, 0.1) is 5.54 Å². The molecule has 6 nitrogen and oxygen atoms in total. The molecule has 1 aromatic rings. The third kappa shape index (κ3) is 2.14. The summed E-state index contributed by atoms with van der Waals surface area (Å²) in [4.78, 5) is 22.7. The van der Waals surface area contributed by atoms with Crippen molar-refractivity contribution in [2.24, 2.45) is 5.73 Å². The molecule has 0 heterocycles. The van der Waals surface area contributed by atoms with Crippen LogP contribution < -0.4 is 11.1 Å². The largest absolute Gasteiger partial charge is 0.507 e. The zero-order valence-electron chi connectivity index (χ0n) is 9.64. The fourth-order valence-corrected chi connectivity index (χ4v) is 1.83. The molecule has 1 saturated carbocycles. The van der Waals surface area contributed by atoms with Gasteiger partial charge in [-0.05, 0) is 37.5 Å². The Balaban J connectivity index is 2.17. The average molecular weight is 250 g/mol. The number of amides is 1. The van der Waals surface area contributed by atoms with Crippen molar-refractivity contribution in [1.82, 2.24) is 0 Å². The molecule has 0 atom stereocenters. The minimum absolute atomic E-state index is 0.257. The van der Waals surface area contributed by atoms with Crippen molar-refractivity contribution in [3.05, 3.63) is 23.8 Å². The number of hydrogen-bond donors (Lipinski definition) is 4. The van der Waals surface area contributed by atoms with Gasteiger partial charge in [-0.3, -0.25) is 4.79 Å². The summed E-state index contributed by atoms with van der Waals surface area (Å²) in [5.74, 6) is -1.92. The van der Waals surface area contributed by atoms with Crippen LogP contribution in [-0.4, -0.2) is 27.6 Å². The van der Waals surface area contributed by atoms with E-state index in [9.17, 15) is 14.7 Å². The van der Waals surface area contributed by atoms with Crippen molar-refractivity contribution >= 4 is 17.6 Å². The Morgan fingerprint density at radius 2 is 2.00 bits per heavy atom. The highest BCUT2D eigenvalue weighted by atomic mass is 16.4. The van der Waals surface area contributed by atoms with Crippen LogP contribution in [0.5, 0.6) is 5.75 Å². The van der Waals surface area contributed by atoms with E-state index in [2.05, 4.69) is 5.32 Å². The number of nitrogens with one attached hydrogen (secondary N) is 1. The quantitative estimate of drug-likeness (QED) is 0.595. The van der Waals surface area contributed by atoms with Crippen molar-refractivity contribution in [2.75, 3.05) is 5.32 Å². The minimum Gasteiger partial charge on any atom is -0.507 e. The van der Waals surface area contributed by atoms with E-state index in [0.717, 1.165) is 6.42 Å². The molecule has 0 aromatic heterocycles. The van der Waals surface area contributed by atoms with Crippen molar-refractivity contribution in [3.8, 4) is 5.75 Å². The van der Waals surface area contributed by atoms with Crippen LogP contribution in [0, 0.1) is 0 Å². The highest BCUT2D eigenvalue weighted by Gasteiger charge is 2.40. The molecule has 1 aliphatic rings. The summed E-state index contributed by atoms with van der Waals surface area (Å²) in [7, 11) is 0. The second-order valence-corrected chi connectivity index (χ2v) is 4.50. The average Bonchev–Trinajstić information content (AvgIpc) is 2.28. The lowest BCUT2D eigenvalue weighted by molar-refractivity contribution is -0.123. The van der Waals surface area contributed by atoms with E-state index in [1.807, 2.05) is 0 Å². The molecular formula is C12H14N2O4. The van der Waals surface area contributed by atoms with Gasteiger partial charge in [0, 0.05) is 5.69 Å². The highest BCUT2D eigenvalue weighted by Crippen LogP contribution is 2.30. The van der Waals surface area contributed by atoms with Crippen LogP contribution in [0.3, 0.4) is 0 Å². The number of aromatic hydroxyl groups is 1. The van der Waals surface area contributed by atoms with E-state index >= 15 is 0 Å². The van der Waals surface area contributed by atoms with Gasteiger partial charge in [-0.25, -0.2) is 4.79 Å². The lowest BCUT2D eigenvalue weighted by Gasteiger charge is -2.36. The molecule has 1 aromatic carbocycles. The molecule has 0 spiro atoms. The van der Waals surface area contributed by atoms with Gasteiger partial charge in [0.1, 0.15) is 11.3 Å². The second-order valence-electron chi connectivity index (χ2n) is 4.50. The molecule has 96 valence electrons. The van der Waals surface area contributed by atoms with Crippen molar-refractivity contribution in [2.45, 2.75) is 24.8 Å². The highest BCUT2D eigenvalue weighted by molar-refractivity contribution is 6.00. The van der Waals surface area contributed by atoms with Crippen LogP contribution >= 0.6 is 0 Å². The monoisotopic (exact) mass is 250 g/mol. The molecule has 5 N–H and O–H groups in total. The first-order valence-corrected chi connectivity index (χ1v) is 5.59. The van der Waals surface area contributed by atoms with Gasteiger partial charge in [0.15, 0.2) is 0 Å². The van der Waals surface area contributed by atoms with Crippen LogP contribution in [0.4, 0.5) is 5.69 Å². The maximum absolute atomic E-state index is 11.8. The maximum Gasteiger partial charge on any atom is 0.339 e. The summed E-state index contributed by atoms with van der Waals surface area (Å²) in [6.07, 6.45) is 2.17. The number of nitrogens with two attached hydrogens (primary N) is 1. The summed E-state index contributed by atoms with van der Waals surface area (Å²) < 4.78 is 0. The minimum atomic E-state index is -1.25. The number of carboxylic acids is 1. The zero-order valence-corrected chi connectivity index (χ0v) is 9.64. The number of anilines is 1. The van der Waals surface area contributed by atoms with Gasteiger partial charge in [0.2, 0.25) is 5.91 Å². The summed E-state index contributed by atoms with van der Waals surface area (Å²) in [5, 5.41) is 20.8. The third-order valence-corrected chi connectivity index (χ3v) is 3.18. The lowest BCUT2D eigenvalue weighted by atomic mass is 9.77. The predicted octanol–water partition coefficient (Wildman–Crippen LogP) is 0.910. The van der Waals surface area contributed by atoms with E-state index in [0.29, 0.717) is 18.5 Å². The van der Waals surface area contributed by atoms with E-state index in [1.165, 1.54) is 18.2 Å². The van der Waals surface area contributed by atoms with Crippen molar-refractivity contribution < 1.29 is 19.8 Å². The number of carboxylic acid groups (broad SMARTS) is 1. The topological polar surface area (TPSA) is 113 Å². The molecule has 18 heavy (non-hydrogen) atoms. The molecule has 1 aliphatic carbocycles. The number of phenols is 1. The SMILES string of the molecule is NC1(C(=O)Nc2ccc(O)c(C(=O)O)c2)CCC1. The number of hydrogen-bond acceptors (Lipinski definition) is 4. The summed E-state index contributed by atoms with van der Waals surface area (Å²) in [6.45, 7) is 0. The fourth-order valence-electron chi connectivity index (χ4n) is 1.83. The zero-order chi connectivity index (χ0) is 13.3. The smallest absolute Gasteiger partial charge is 0.339 e. The van der Waals surface area contributed by atoms with Gasteiger partial charge in [-0.2, -0.15) is 0 Å². The Labute approximate surface area is 103 Å². The van der Waals surface area contributed by atoms with Crippen molar-refractivity contribution in [1.29, 1.82) is 0 Å². The Bertz CT molecular complexity index is 509. The Morgan fingerprint density at radius 1 is 1.33 bits per heavy atom. The number of aromatic carboxylic acids is 1. The van der Waals surface area contributed by atoms with E-state index < -0.39 is 11.5 Å². The predicted molar refractivity (Wildman–Crippen MR) is 64.5 cm³/mol. The number of benzene rings is 1. The number of rotatable bonds is 3. The van der Waals surface area contributed by atoms with Gasteiger partial charge >= 0.3 is 5.97 Å². The molecule has 1 amide bonds. The van der Waals surface area contributed by atoms with Gasteiger partial charge in [-0.1, -0.05) is 0 Å². The van der Waals surface area contributed by atoms with E-state index in [4.69, 9.17) is 10.8 Å². The van der Waals surface area contributed by atoms with E-state index in [-0.39, 0.29) is 17.2 Å². The molecule has 6 heteroatoms.